The Bertz CT molecular complexity index is 1100. The van der Waals surface area contributed by atoms with Gasteiger partial charge in [-0.3, -0.25) is 4.98 Å². The number of rotatable bonds is 4. The number of benzene rings is 2. The molecule has 0 aliphatic heterocycles. The summed E-state index contributed by atoms with van der Waals surface area (Å²) >= 11 is 0. The van der Waals surface area contributed by atoms with E-state index in [-0.39, 0.29) is 11.6 Å². The lowest BCUT2D eigenvalue weighted by Gasteiger charge is -2.22. The molecule has 1 atom stereocenters. The predicted molar refractivity (Wildman–Crippen MR) is 104 cm³/mol. The van der Waals surface area contributed by atoms with Crippen molar-refractivity contribution in [2.24, 2.45) is 0 Å². The van der Waals surface area contributed by atoms with Gasteiger partial charge in [-0.05, 0) is 42.3 Å². The zero-order valence-corrected chi connectivity index (χ0v) is 14.7. The first-order valence-corrected chi connectivity index (χ1v) is 8.63. The third-order valence-corrected chi connectivity index (χ3v) is 4.58. The van der Waals surface area contributed by atoms with Crippen molar-refractivity contribution in [3.05, 3.63) is 95.6 Å². The van der Waals surface area contributed by atoms with Crippen molar-refractivity contribution in [1.82, 2.24) is 9.97 Å². The van der Waals surface area contributed by atoms with Crippen LogP contribution in [0.1, 0.15) is 22.7 Å². The van der Waals surface area contributed by atoms with Gasteiger partial charge in [0.25, 0.3) is 0 Å². The number of hydrogen-bond acceptors (Lipinski definition) is 4. The van der Waals surface area contributed by atoms with Crippen LogP contribution in [0.5, 0.6) is 5.75 Å². The van der Waals surface area contributed by atoms with Gasteiger partial charge in [-0.1, -0.05) is 36.4 Å². The molecule has 5 heteroatoms. The molecular formula is C22H18FN3O. The molecule has 0 saturated heterocycles. The molecule has 0 radical (unpaired) electrons. The number of nitrogens with zero attached hydrogens (tertiary/aromatic N) is 2. The molecule has 0 spiro atoms. The van der Waals surface area contributed by atoms with Gasteiger partial charge in [0.05, 0.1) is 6.04 Å². The van der Waals surface area contributed by atoms with E-state index in [1.165, 1.54) is 6.07 Å². The molecule has 0 saturated carbocycles. The number of hydrogen-bond donors (Lipinski definition) is 2. The Morgan fingerprint density at radius 2 is 1.81 bits per heavy atom. The van der Waals surface area contributed by atoms with Crippen LogP contribution in [0.25, 0.3) is 10.9 Å². The second-order valence-corrected chi connectivity index (χ2v) is 6.38. The lowest BCUT2D eigenvalue weighted by Crippen LogP contribution is -2.14. The molecule has 0 bridgehead atoms. The normalized spacial score (nSPS) is 12.1. The molecule has 4 rings (SSSR count). The molecule has 1 unspecified atom stereocenters. The van der Waals surface area contributed by atoms with E-state index in [1.807, 2.05) is 48.5 Å². The minimum Gasteiger partial charge on any atom is -0.505 e. The molecule has 27 heavy (non-hydrogen) atoms. The average Bonchev–Trinajstić information content (AvgIpc) is 2.70. The number of pyridine rings is 2. The fraction of sp³-hybridized carbons (Fsp3) is 0.0909. The van der Waals surface area contributed by atoms with Gasteiger partial charge in [0.1, 0.15) is 22.9 Å². The van der Waals surface area contributed by atoms with Crippen LogP contribution >= 0.6 is 0 Å². The summed E-state index contributed by atoms with van der Waals surface area (Å²) in [5.41, 5.74) is 2.37. The monoisotopic (exact) mass is 359 g/mol. The zero-order chi connectivity index (χ0) is 18.8. The average molecular weight is 359 g/mol. The minimum atomic E-state index is -0.485. The van der Waals surface area contributed by atoms with Crippen LogP contribution in [0, 0.1) is 12.7 Å². The number of nitrogens with one attached hydrogen (secondary N) is 1. The summed E-state index contributed by atoms with van der Waals surface area (Å²) in [6.45, 7) is 1.72. The largest absolute Gasteiger partial charge is 0.505 e. The van der Waals surface area contributed by atoms with Crippen LogP contribution in [0.3, 0.4) is 0 Å². The van der Waals surface area contributed by atoms with Crippen molar-refractivity contribution < 1.29 is 9.50 Å². The van der Waals surface area contributed by atoms with Gasteiger partial charge in [-0.15, -0.1) is 0 Å². The highest BCUT2D eigenvalue weighted by Gasteiger charge is 2.21. The van der Waals surface area contributed by atoms with Gasteiger partial charge >= 0.3 is 0 Å². The Morgan fingerprint density at radius 1 is 0.963 bits per heavy atom. The molecule has 2 N–H and O–H groups in total. The maximum absolute atomic E-state index is 14.2. The Labute approximate surface area is 156 Å². The maximum Gasteiger partial charge on any atom is 0.147 e. The second kappa shape index (κ2) is 7.03. The van der Waals surface area contributed by atoms with Crippen LogP contribution in [0.4, 0.5) is 10.2 Å². The van der Waals surface area contributed by atoms with E-state index < -0.39 is 6.04 Å². The summed E-state index contributed by atoms with van der Waals surface area (Å²) in [5.74, 6) is 0.408. The van der Waals surface area contributed by atoms with Gasteiger partial charge in [0, 0.05) is 23.3 Å². The third-order valence-electron chi connectivity index (χ3n) is 4.58. The molecule has 2 aromatic carbocycles. The summed E-state index contributed by atoms with van der Waals surface area (Å²) in [6, 6.07) is 17.5. The molecule has 0 fully saturated rings. The summed E-state index contributed by atoms with van der Waals surface area (Å²) < 4.78 is 14.2. The van der Waals surface area contributed by atoms with Gasteiger partial charge in [-0.2, -0.15) is 0 Å². The van der Waals surface area contributed by atoms with Gasteiger partial charge in [0.15, 0.2) is 0 Å². The number of anilines is 1. The second-order valence-electron chi connectivity index (χ2n) is 6.38. The first-order chi connectivity index (χ1) is 13.1. The summed E-state index contributed by atoms with van der Waals surface area (Å²) in [6.07, 6.45) is 3.31. The molecule has 0 amide bonds. The Hall–Kier alpha value is -3.47. The summed E-state index contributed by atoms with van der Waals surface area (Å²) in [7, 11) is 0. The molecule has 2 heterocycles. The van der Waals surface area contributed by atoms with Crippen molar-refractivity contribution in [3.8, 4) is 5.75 Å². The lowest BCUT2D eigenvalue weighted by molar-refractivity contribution is 0.471. The molecule has 134 valence electrons. The fourth-order valence-corrected chi connectivity index (χ4v) is 3.10. The first kappa shape index (κ1) is 17.0. The van der Waals surface area contributed by atoms with Crippen molar-refractivity contribution in [2.45, 2.75) is 13.0 Å². The van der Waals surface area contributed by atoms with Crippen molar-refractivity contribution >= 4 is 16.7 Å². The third kappa shape index (κ3) is 3.31. The highest BCUT2D eigenvalue weighted by molar-refractivity contribution is 5.86. The van der Waals surface area contributed by atoms with E-state index in [1.54, 1.807) is 25.4 Å². The molecule has 4 nitrogen and oxygen atoms in total. The summed E-state index contributed by atoms with van der Waals surface area (Å²) in [5, 5.41) is 15.0. The minimum absolute atomic E-state index is 0.0718. The van der Waals surface area contributed by atoms with E-state index in [0.29, 0.717) is 28.0 Å². The quantitative estimate of drug-likeness (QED) is 0.539. The van der Waals surface area contributed by atoms with E-state index in [0.717, 1.165) is 5.39 Å². The van der Waals surface area contributed by atoms with Crippen LogP contribution in [0.15, 0.2) is 73.1 Å². The van der Waals surface area contributed by atoms with Crippen LogP contribution in [-0.4, -0.2) is 15.1 Å². The van der Waals surface area contributed by atoms with E-state index in [2.05, 4.69) is 15.3 Å². The van der Waals surface area contributed by atoms with E-state index in [9.17, 15) is 9.50 Å². The number of aromatic nitrogens is 2. The van der Waals surface area contributed by atoms with Crippen molar-refractivity contribution in [2.75, 3.05) is 5.32 Å². The number of aromatic hydroxyl groups is 1. The van der Waals surface area contributed by atoms with Gasteiger partial charge in [-0.25, -0.2) is 9.37 Å². The predicted octanol–water partition coefficient (Wildman–Crippen LogP) is 4.98. The van der Waals surface area contributed by atoms with Crippen LogP contribution < -0.4 is 5.32 Å². The smallest absolute Gasteiger partial charge is 0.147 e. The fourth-order valence-electron chi connectivity index (χ4n) is 3.10. The highest BCUT2D eigenvalue weighted by Crippen LogP contribution is 2.36. The van der Waals surface area contributed by atoms with E-state index >= 15 is 0 Å². The highest BCUT2D eigenvalue weighted by atomic mass is 19.1. The molecule has 0 aliphatic carbocycles. The standard InChI is InChI=1S/C22H18FN3O/c1-14-7-8-16(13-18(14)23)20(26-19-6-2-3-11-24-19)17-10-9-15-5-4-12-25-21(15)22(17)27/h2-13,20,27H,1H3,(H,24,26). The SMILES string of the molecule is Cc1ccc(C(Nc2ccccn2)c2ccc3cccnc3c2O)cc1F. The number of phenolic OH excluding ortho intramolecular Hbond substituents is 1. The number of phenols is 1. The Balaban J connectivity index is 1.87. The number of halogens is 1. The topological polar surface area (TPSA) is 58.0 Å². The molecular weight excluding hydrogens is 341 g/mol. The number of fused-ring (bicyclic) bond motifs is 1. The molecule has 2 aromatic heterocycles. The van der Waals surface area contributed by atoms with Crippen LogP contribution in [-0.2, 0) is 0 Å². The van der Waals surface area contributed by atoms with E-state index in [4.69, 9.17) is 0 Å². The van der Waals surface area contributed by atoms with Gasteiger partial charge in [0.2, 0.25) is 0 Å². The first-order valence-electron chi connectivity index (χ1n) is 8.63. The molecule has 4 aromatic rings. The zero-order valence-electron chi connectivity index (χ0n) is 14.7. The van der Waals surface area contributed by atoms with Crippen molar-refractivity contribution in [1.29, 1.82) is 0 Å². The van der Waals surface area contributed by atoms with Gasteiger partial charge < -0.3 is 10.4 Å². The Kier molecular flexibility index (Phi) is 4.42. The maximum atomic E-state index is 14.2. The van der Waals surface area contributed by atoms with Crippen LogP contribution in [0.2, 0.25) is 0 Å². The molecule has 0 aliphatic rings. The Morgan fingerprint density at radius 3 is 2.59 bits per heavy atom. The number of aryl methyl sites for hydroxylation is 1. The van der Waals surface area contributed by atoms with Crippen molar-refractivity contribution in [3.63, 3.8) is 0 Å². The lowest BCUT2D eigenvalue weighted by atomic mass is 9.95. The summed E-state index contributed by atoms with van der Waals surface area (Å²) in [4.78, 5) is 8.59.